The summed E-state index contributed by atoms with van der Waals surface area (Å²) in [7, 11) is 1.40. The van der Waals surface area contributed by atoms with Gasteiger partial charge in [0.2, 0.25) is 0 Å². The highest BCUT2D eigenvalue weighted by Gasteiger charge is 2.24. The molecular weight excluding hydrogens is 359 g/mol. The number of piperazine rings is 1. The standard InChI is InChI=1S/C21H21FN4O2/c1-28-19-8-7-16(13-17(19)22)21(27)26-11-9-25(10-12-26)20-14-18(23-24-20)15-5-3-2-4-6-15/h2-8,13-14H,9-12H2,1H3,(H,23,24). The van der Waals surface area contributed by atoms with Crippen molar-refractivity contribution >= 4 is 11.7 Å². The van der Waals surface area contributed by atoms with E-state index in [1.54, 1.807) is 11.0 Å². The fourth-order valence-electron chi connectivity index (χ4n) is 3.36. The van der Waals surface area contributed by atoms with Crippen molar-refractivity contribution < 1.29 is 13.9 Å². The Hall–Kier alpha value is -3.35. The van der Waals surface area contributed by atoms with Gasteiger partial charge in [0.25, 0.3) is 5.91 Å². The predicted molar refractivity (Wildman–Crippen MR) is 105 cm³/mol. The average molecular weight is 380 g/mol. The number of H-pyrrole nitrogens is 1. The zero-order chi connectivity index (χ0) is 19.5. The molecule has 0 bridgehead atoms. The summed E-state index contributed by atoms with van der Waals surface area (Å²) in [6.45, 7) is 2.45. The lowest BCUT2D eigenvalue weighted by molar-refractivity contribution is 0.0746. The Morgan fingerprint density at radius 2 is 1.82 bits per heavy atom. The summed E-state index contributed by atoms with van der Waals surface area (Å²) in [5.41, 5.74) is 2.37. The zero-order valence-corrected chi connectivity index (χ0v) is 15.6. The first-order valence-corrected chi connectivity index (χ1v) is 9.14. The lowest BCUT2D eigenvalue weighted by atomic mass is 10.1. The van der Waals surface area contributed by atoms with E-state index in [-0.39, 0.29) is 11.7 Å². The molecule has 0 aliphatic carbocycles. The molecular formula is C21H21FN4O2. The zero-order valence-electron chi connectivity index (χ0n) is 15.6. The molecule has 0 radical (unpaired) electrons. The maximum atomic E-state index is 13.9. The van der Waals surface area contributed by atoms with E-state index in [0.29, 0.717) is 31.7 Å². The topological polar surface area (TPSA) is 61.5 Å². The number of carbonyl (C=O) groups is 1. The Morgan fingerprint density at radius 3 is 2.50 bits per heavy atom. The number of carbonyl (C=O) groups excluding carboxylic acids is 1. The minimum Gasteiger partial charge on any atom is -0.494 e. The number of halogens is 1. The normalized spacial score (nSPS) is 14.2. The molecule has 0 atom stereocenters. The fourth-order valence-corrected chi connectivity index (χ4v) is 3.36. The Bertz CT molecular complexity index is 966. The van der Waals surface area contributed by atoms with Crippen molar-refractivity contribution in [2.24, 2.45) is 0 Å². The highest BCUT2D eigenvalue weighted by atomic mass is 19.1. The summed E-state index contributed by atoms with van der Waals surface area (Å²) in [4.78, 5) is 16.5. The largest absolute Gasteiger partial charge is 0.494 e. The monoisotopic (exact) mass is 380 g/mol. The number of hydrogen-bond acceptors (Lipinski definition) is 4. The van der Waals surface area contributed by atoms with Crippen LogP contribution in [0.15, 0.2) is 54.6 Å². The van der Waals surface area contributed by atoms with Gasteiger partial charge >= 0.3 is 0 Å². The van der Waals surface area contributed by atoms with Crippen LogP contribution in [0.3, 0.4) is 0 Å². The third-order valence-corrected chi connectivity index (χ3v) is 4.94. The molecule has 1 fully saturated rings. The number of nitrogens with one attached hydrogen (secondary N) is 1. The lowest BCUT2D eigenvalue weighted by Crippen LogP contribution is -2.49. The number of anilines is 1. The van der Waals surface area contributed by atoms with Crippen LogP contribution in [0.1, 0.15) is 10.4 Å². The molecule has 1 amide bonds. The van der Waals surface area contributed by atoms with Crippen molar-refractivity contribution in [3.63, 3.8) is 0 Å². The van der Waals surface area contributed by atoms with Crippen molar-refractivity contribution in [1.29, 1.82) is 0 Å². The molecule has 6 nitrogen and oxygen atoms in total. The number of benzene rings is 2. The smallest absolute Gasteiger partial charge is 0.254 e. The molecule has 1 aromatic heterocycles. The molecule has 0 saturated carbocycles. The number of nitrogens with zero attached hydrogens (tertiary/aromatic N) is 3. The van der Waals surface area contributed by atoms with E-state index >= 15 is 0 Å². The molecule has 1 N–H and O–H groups in total. The van der Waals surface area contributed by atoms with Crippen LogP contribution in [-0.4, -0.2) is 54.3 Å². The van der Waals surface area contributed by atoms with Crippen molar-refractivity contribution in [1.82, 2.24) is 15.1 Å². The number of methoxy groups -OCH3 is 1. The maximum absolute atomic E-state index is 13.9. The minimum absolute atomic E-state index is 0.133. The quantitative estimate of drug-likeness (QED) is 0.755. The first-order valence-electron chi connectivity index (χ1n) is 9.14. The Kier molecular flexibility index (Phi) is 4.97. The summed E-state index contributed by atoms with van der Waals surface area (Å²) in [5, 5.41) is 7.48. The van der Waals surface area contributed by atoms with Gasteiger partial charge in [0, 0.05) is 37.8 Å². The van der Waals surface area contributed by atoms with E-state index in [4.69, 9.17) is 4.74 Å². The highest BCUT2D eigenvalue weighted by Crippen LogP contribution is 2.23. The molecule has 144 valence electrons. The van der Waals surface area contributed by atoms with Crippen LogP contribution in [0.4, 0.5) is 10.2 Å². The average Bonchev–Trinajstić information content (AvgIpc) is 3.24. The van der Waals surface area contributed by atoms with E-state index < -0.39 is 5.82 Å². The molecule has 4 rings (SSSR count). The van der Waals surface area contributed by atoms with Gasteiger partial charge < -0.3 is 14.5 Å². The van der Waals surface area contributed by atoms with Gasteiger partial charge in [0.05, 0.1) is 12.8 Å². The van der Waals surface area contributed by atoms with E-state index in [1.165, 1.54) is 19.2 Å². The summed E-state index contributed by atoms with van der Waals surface area (Å²) >= 11 is 0. The van der Waals surface area contributed by atoms with Gasteiger partial charge in [-0.1, -0.05) is 30.3 Å². The van der Waals surface area contributed by atoms with Crippen LogP contribution in [0.5, 0.6) is 5.75 Å². The number of rotatable bonds is 4. The first-order chi connectivity index (χ1) is 13.7. The first kappa shape index (κ1) is 18.0. The third-order valence-electron chi connectivity index (χ3n) is 4.94. The minimum atomic E-state index is -0.531. The van der Waals surface area contributed by atoms with E-state index in [0.717, 1.165) is 17.1 Å². The Morgan fingerprint density at radius 1 is 1.07 bits per heavy atom. The summed E-state index contributed by atoms with van der Waals surface area (Å²) in [6, 6.07) is 16.3. The molecule has 0 unspecified atom stereocenters. The highest BCUT2D eigenvalue weighted by molar-refractivity contribution is 5.94. The molecule has 0 spiro atoms. The van der Waals surface area contributed by atoms with Crippen LogP contribution >= 0.6 is 0 Å². The Balaban J connectivity index is 1.40. The molecule has 1 aliphatic heterocycles. The van der Waals surface area contributed by atoms with E-state index in [1.807, 2.05) is 36.4 Å². The molecule has 7 heteroatoms. The van der Waals surface area contributed by atoms with Crippen LogP contribution in [0.25, 0.3) is 11.3 Å². The molecule has 28 heavy (non-hydrogen) atoms. The predicted octanol–water partition coefficient (Wildman–Crippen LogP) is 3.19. The molecule has 3 aromatic rings. The number of hydrogen-bond donors (Lipinski definition) is 1. The van der Waals surface area contributed by atoms with Crippen LogP contribution < -0.4 is 9.64 Å². The lowest BCUT2D eigenvalue weighted by Gasteiger charge is -2.34. The maximum Gasteiger partial charge on any atom is 0.254 e. The van der Waals surface area contributed by atoms with Crippen molar-refractivity contribution in [3.8, 4) is 17.0 Å². The van der Waals surface area contributed by atoms with Gasteiger partial charge in [-0.2, -0.15) is 5.10 Å². The van der Waals surface area contributed by atoms with Crippen LogP contribution in [-0.2, 0) is 0 Å². The van der Waals surface area contributed by atoms with Gasteiger partial charge in [-0.05, 0) is 23.8 Å². The van der Waals surface area contributed by atoms with Gasteiger partial charge in [0.15, 0.2) is 17.4 Å². The third kappa shape index (κ3) is 3.55. The molecule has 2 aromatic carbocycles. The molecule has 1 aliphatic rings. The van der Waals surface area contributed by atoms with E-state index in [2.05, 4.69) is 15.1 Å². The second kappa shape index (κ2) is 7.72. The second-order valence-electron chi connectivity index (χ2n) is 6.63. The fraction of sp³-hybridized carbons (Fsp3) is 0.238. The number of aromatic nitrogens is 2. The number of ether oxygens (including phenoxy) is 1. The second-order valence-corrected chi connectivity index (χ2v) is 6.63. The summed E-state index contributed by atoms with van der Waals surface area (Å²) < 4.78 is 18.8. The van der Waals surface area contributed by atoms with Gasteiger partial charge in [-0.15, -0.1) is 0 Å². The van der Waals surface area contributed by atoms with Crippen molar-refractivity contribution in [2.75, 3.05) is 38.2 Å². The summed E-state index contributed by atoms with van der Waals surface area (Å²) in [6.07, 6.45) is 0. The van der Waals surface area contributed by atoms with Crippen LogP contribution in [0.2, 0.25) is 0 Å². The SMILES string of the molecule is COc1ccc(C(=O)N2CCN(c3cc(-c4ccccc4)[nH]n3)CC2)cc1F. The Labute approximate surface area is 162 Å². The van der Waals surface area contributed by atoms with Gasteiger partial charge in [0.1, 0.15) is 0 Å². The van der Waals surface area contributed by atoms with Crippen LogP contribution in [0, 0.1) is 5.82 Å². The summed E-state index contributed by atoms with van der Waals surface area (Å²) in [5.74, 6) is 0.292. The number of aromatic amines is 1. The van der Waals surface area contributed by atoms with Crippen molar-refractivity contribution in [2.45, 2.75) is 0 Å². The van der Waals surface area contributed by atoms with Crippen molar-refractivity contribution in [3.05, 3.63) is 66.0 Å². The molecule has 2 heterocycles. The number of amides is 1. The van der Waals surface area contributed by atoms with E-state index in [9.17, 15) is 9.18 Å². The van der Waals surface area contributed by atoms with Gasteiger partial charge in [-0.3, -0.25) is 9.89 Å². The molecule has 1 saturated heterocycles. The van der Waals surface area contributed by atoms with Gasteiger partial charge in [-0.25, -0.2) is 4.39 Å².